The van der Waals surface area contributed by atoms with Gasteiger partial charge < -0.3 is 15.5 Å². The lowest BCUT2D eigenvalue weighted by atomic mass is 10.2. The largest absolute Gasteiger partial charge is 0.432 e. The Kier molecular flexibility index (Phi) is 6.75. The molecular weight excluding hydrogens is 381 g/mol. The van der Waals surface area contributed by atoms with Crippen molar-refractivity contribution in [2.24, 2.45) is 10.7 Å². The first-order chi connectivity index (χ1) is 12.6. The van der Waals surface area contributed by atoms with Gasteiger partial charge in [0.25, 0.3) is 0 Å². The molecule has 1 aliphatic rings. The first-order valence-electron chi connectivity index (χ1n) is 8.43. The predicted octanol–water partition coefficient (Wildman–Crippen LogP) is 3.08. The molecule has 1 aliphatic heterocycles. The molecule has 9 heteroatoms. The number of alkyl halides is 3. The van der Waals surface area contributed by atoms with Crippen LogP contribution >= 0.6 is 11.6 Å². The Labute approximate surface area is 161 Å². The second-order valence-corrected chi connectivity index (χ2v) is 6.71. The van der Waals surface area contributed by atoms with Crippen LogP contribution in [0.2, 0.25) is 0 Å². The van der Waals surface area contributed by atoms with Gasteiger partial charge in [-0.1, -0.05) is 29.3 Å². The third kappa shape index (κ3) is 5.63. The molecule has 0 saturated carbocycles. The molecule has 148 valence electrons. The maximum atomic E-state index is 12.5. The minimum atomic E-state index is -4.73. The maximum absolute atomic E-state index is 12.5. The number of piperazine rings is 1. The molecule has 5 nitrogen and oxygen atoms in total. The molecule has 0 aromatic heterocycles. The number of hydrogen-bond acceptors (Lipinski definition) is 4. The van der Waals surface area contributed by atoms with Crippen molar-refractivity contribution in [2.45, 2.75) is 20.0 Å². The lowest BCUT2D eigenvalue weighted by molar-refractivity contribution is -0.129. The summed E-state index contributed by atoms with van der Waals surface area (Å²) in [6, 6.07) is 8.15. The van der Waals surface area contributed by atoms with Crippen molar-refractivity contribution in [1.82, 2.24) is 4.90 Å². The Morgan fingerprint density at radius 2 is 1.74 bits per heavy atom. The number of rotatable bonds is 4. The van der Waals surface area contributed by atoms with Gasteiger partial charge in [0.15, 0.2) is 0 Å². The van der Waals surface area contributed by atoms with Gasteiger partial charge in [0.1, 0.15) is 12.2 Å². The third-order valence-corrected chi connectivity index (χ3v) is 4.82. The minimum Gasteiger partial charge on any atom is -0.393 e. The molecule has 0 radical (unpaired) electrons. The zero-order valence-corrected chi connectivity index (χ0v) is 15.9. The quantitative estimate of drug-likeness (QED) is 0.787. The van der Waals surface area contributed by atoms with Crippen LogP contribution in [0.3, 0.4) is 0 Å². The monoisotopic (exact) mass is 402 g/mol. The fourth-order valence-electron chi connectivity index (χ4n) is 2.64. The number of aliphatic imine (C=N–C) groups is 1. The Balaban J connectivity index is 1.91. The molecule has 1 heterocycles. The predicted molar refractivity (Wildman–Crippen MR) is 101 cm³/mol. The van der Waals surface area contributed by atoms with Crippen LogP contribution in [0.15, 0.2) is 40.0 Å². The summed E-state index contributed by atoms with van der Waals surface area (Å²) in [6.07, 6.45) is -4.73. The fourth-order valence-corrected chi connectivity index (χ4v) is 2.81. The lowest BCUT2D eigenvalue weighted by Crippen LogP contribution is -2.49. The number of aryl methyl sites for hydroxylation is 1. The van der Waals surface area contributed by atoms with E-state index in [4.69, 9.17) is 17.3 Å². The van der Waals surface area contributed by atoms with Crippen LogP contribution in [-0.2, 0) is 4.79 Å². The van der Waals surface area contributed by atoms with E-state index in [9.17, 15) is 18.0 Å². The van der Waals surface area contributed by atoms with Gasteiger partial charge in [-0.15, -0.1) is 0 Å². The van der Waals surface area contributed by atoms with Crippen molar-refractivity contribution in [3.05, 3.63) is 40.6 Å². The zero-order valence-electron chi connectivity index (χ0n) is 15.2. The topological polar surface area (TPSA) is 61.9 Å². The fraction of sp³-hybridized carbons (Fsp3) is 0.444. The highest BCUT2D eigenvalue weighted by atomic mass is 35.5. The number of carbonyl (C=O) groups excluding carboxylic acids is 1. The number of nitrogens with two attached hydrogens (primary N) is 1. The van der Waals surface area contributed by atoms with Crippen molar-refractivity contribution in [3.63, 3.8) is 0 Å². The van der Waals surface area contributed by atoms with Gasteiger partial charge in [0.05, 0.1) is 10.7 Å². The molecule has 1 aromatic rings. The Hall–Kier alpha value is -2.22. The highest BCUT2D eigenvalue weighted by Gasteiger charge is 2.34. The summed E-state index contributed by atoms with van der Waals surface area (Å²) in [5.41, 5.74) is 5.72. The molecule has 1 amide bonds. The first kappa shape index (κ1) is 21.1. The normalized spacial score (nSPS) is 17.0. The second-order valence-electron chi connectivity index (χ2n) is 6.33. The van der Waals surface area contributed by atoms with E-state index in [1.807, 2.05) is 31.2 Å². The van der Waals surface area contributed by atoms with E-state index in [1.165, 1.54) is 12.5 Å². The molecule has 2 N–H and O–H groups in total. The van der Waals surface area contributed by atoms with Gasteiger partial charge in [-0.05, 0) is 26.0 Å². The Morgan fingerprint density at radius 3 is 2.26 bits per heavy atom. The van der Waals surface area contributed by atoms with Crippen LogP contribution in [0.5, 0.6) is 0 Å². The molecule has 2 rings (SSSR count). The third-order valence-electron chi connectivity index (χ3n) is 4.34. The number of benzene rings is 1. The van der Waals surface area contributed by atoms with Crippen LogP contribution in [0, 0.1) is 6.92 Å². The van der Waals surface area contributed by atoms with Gasteiger partial charge >= 0.3 is 6.18 Å². The van der Waals surface area contributed by atoms with Crippen molar-refractivity contribution in [2.75, 3.05) is 37.6 Å². The van der Waals surface area contributed by atoms with E-state index in [-0.39, 0.29) is 18.2 Å². The summed E-state index contributed by atoms with van der Waals surface area (Å²) in [6.45, 7) is 5.46. The summed E-state index contributed by atoms with van der Waals surface area (Å²) in [7, 11) is 0. The van der Waals surface area contributed by atoms with Crippen LogP contribution in [0.1, 0.15) is 12.5 Å². The Bertz CT molecular complexity index is 736. The molecule has 0 aliphatic carbocycles. The average Bonchev–Trinajstić information content (AvgIpc) is 2.64. The number of nitrogens with zero attached hydrogens (tertiary/aromatic N) is 3. The smallest absolute Gasteiger partial charge is 0.393 e. The van der Waals surface area contributed by atoms with Gasteiger partial charge in [-0.25, -0.2) is 0 Å². The molecule has 0 atom stereocenters. The van der Waals surface area contributed by atoms with Gasteiger partial charge in [-0.2, -0.15) is 13.2 Å². The molecule has 1 aromatic carbocycles. The molecular formula is C18H22ClF3N4O. The highest BCUT2D eigenvalue weighted by molar-refractivity contribution is 6.43. The maximum Gasteiger partial charge on any atom is 0.432 e. The molecule has 0 spiro atoms. The first-order valence-corrected chi connectivity index (χ1v) is 8.80. The highest BCUT2D eigenvalue weighted by Crippen LogP contribution is 2.26. The van der Waals surface area contributed by atoms with Crippen LogP contribution < -0.4 is 10.6 Å². The lowest BCUT2D eigenvalue weighted by Gasteiger charge is -2.36. The van der Waals surface area contributed by atoms with Crippen molar-refractivity contribution in [3.8, 4) is 0 Å². The number of amides is 1. The standard InChI is InChI=1S/C18H22ClF3N4O/c1-12-3-5-14(6-4-12)25-7-9-26(10-8-25)15(27)11-24-13(2)16(19)17(23)18(20,21)22/h3-6H,7-11,23H2,1-2H3. The van der Waals surface area contributed by atoms with Gasteiger partial charge in [0.2, 0.25) is 5.91 Å². The number of halogens is 4. The SMILES string of the molecule is CC(=NCC(=O)N1CCN(c2ccc(C)cc2)CC1)C(Cl)=C(N)C(F)(F)F. The minimum absolute atomic E-state index is 0.113. The van der Waals surface area contributed by atoms with E-state index >= 15 is 0 Å². The summed E-state index contributed by atoms with van der Waals surface area (Å²) >= 11 is 5.61. The van der Waals surface area contributed by atoms with Gasteiger partial charge in [0, 0.05) is 31.9 Å². The molecule has 0 unspecified atom stereocenters. The molecule has 0 bridgehead atoms. The van der Waals surface area contributed by atoms with Crippen LogP contribution in [0.4, 0.5) is 18.9 Å². The summed E-state index contributed by atoms with van der Waals surface area (Å²) < 4.78 is 37.6. The summed E-state index contributed by atoms with van der Waals surface area (Å²) in [5, 5.41) is -0.681. The van der Waals surface area contributed by atoms with E-state index < -0.39 is 16.9 Å². The molecule has 1 saturated heterocycles. The van der Waals surface area contributed by atoms with Crippen molar-refractivity contribution < 1.29 is 18.0 Å². The van der Waals surface area contributed by atoms with E-state index in [0.717, 1.165) is 5.69 Å². The van der Waals surface area contributed by atoms with Crippen LogP contribution in [-0.4, -0.2) is 55.4 Å². The molecule has 27 heavy (non-hydrogen) atoms. The van der Waals surface area contributed by atoms with Crippen LogP contribution in [0.25, 0.3) is 0 Å². The zero-order chi connectivity index (χ0) is 20.2. The van der Waals surface area contributed by atoms with Gasteiger partial charge in [-0.3, -0.25) is 9.79 Å². The molecule has 1 fully saturated rings. The number of carbonyl (C=O) groups is 1. The van der Waals surface area contributed by atoms with E-state index in [1.54, 1.807) is 4.90 Å². The second kappa shape index (κ2) is 8.65. The van der Waals surface area contributed by atoms with E-state index in [2.05, 4.69) is 9.89 Å². The number of hydrogen-bond donors (Lipinski definition) is 1. The summed E-state index contributed by atoms with van der Waals surface area (Å²) in [4.78, 5) is 20.0. The number of allylic oxidation sites excluding steroid dienone is 2. The van der Waals surface area contributed by atoms with Crippen molar-refractivity contribution >= 4 is 28.9 Å². The van der Waals surface area contributed by atoms with Crippen molar-refractivity contribution in [1.29, 1.82) is 0 Å². The summed E-state index contributed by atoms with van der Waals surface area (Å²) in [5.74, 6) is -0.257. The average molecular weight is 403 g/mol. The van der Waals surface area contributed by atoms with E-state index in [0.29, 0.717) is 26.2 Å². The number of anilines is 1. The Morgan fingerprint density at radius 1 is 1.19 bits per heavy atom.